The third-order valence-corrected chi connectivity index (χ3v) is 3.82. The first-order chi connectivity index (χ1) is 9.22. The molecule has 3 nitrogen and oxygen atoms in total. The number of rotatable bonds is 5. The molecular formula is C15H16N2OS. The molecule has 0 fully saturated rings. The standard InChI is InChI=1S/C15H16N2OS/c1-11-3-5-14(19-11)10-17-9-13-7-12(8-16)4-6-15(13)18-2/h3-7,17H,9-10H2,1-2H3. The molecule has 0 unspecified atom stereocenters. The Morgan fingerprint density at radius 1 is 1.26 bits per heavy atom. The fraction of sp³-hybridized carbons (Fsp3) is 0.267. The molecule has 0 saturated heterocycles. The molecule has 1 N–H and O–H groups in total. The second-order valence-electron chi connectivity index (χ2n) is 4.25. The van der Waals surface area contributed by atoms with Gasteiger partial charge in [-0.2, -0.15) is 5.26 Å². The van der Waals surface area contributed by atoms with Crippen LogP contribution in [0.15, 0.2) is 30.3 Å². The van der Waals surface area contributed by atoms with Crippen LogP contribution in [-0.4, -0.2) is 7.11 Å². The minimum Gasteiger partial charge on any atom is -0.496 e. The van der Waals surface area contributed by atoms with E-state index in [-0.39, 0.29) is 0 Å². The van der Waals surface area contributed by atoms with E-state index in [9.17, 15) is 0 Å². The molecule has 19 heavy (non-hydrogen) atoms. The number of ether oxygens (including phenoxy) is 1. The topological polar surface area (TPSA) is 45.0 Å². The normalized spacial score (nSPS) is 10.2. The summed E-state index contributed by atoms with van der Waals surface area (Å²) in [5.74, 6) is 0.814. The van der Waals surface area contributed by atoms with Crippen LogP contribution in [0.5, 0.6) is 5.75 Å². The van der Waals surface area contributed by atoms with Crippen molar-refractivity contribution in [2.75, 3.05) is 7.11 Å². The molecule has 0 radical (unpaired) electrons. The third-order valence-electron chi connectivity index (χ3n) is 2.82. The highest BCUT2D eigenvalue weighted by Crippen LogP contribution is 2.20. The summed E-state index contributed by atoms with van der Waals surface area (Å²) in [5.41, 5.74) is 1.67. The second-order valence-corrected chi connectivity index (χ2v) is 5.63. The maximum absolute atomic E-state index is 8.92. The number of hydrogen-bond acceptors (Lipinski definition) is 4. The SMILES string of the molecule is COc1ccc(C#N)cc1CNCc1ccc(C)s1. The summed E-state index contributed by atoms with van der Waals surface area (Å²) in [5, 5.41) is 12.3. The Morgan fingerprint density at radius 3 is 2.74 bits per heavy atom. The first-order valence-corrected chi connectivity index (χ1v) is 6.87. The molecule has 0 bridgehead atoms. The first kappa shape index (κ1) is 13.6. The highest BCUT2D eigenvalue weighted by atomic mass is 32.1. The van der Waals surface area contributed by atoms with Crippen molar-refractivity contribution < 1.29 is 4.74 Å². The van der Waals surface area contributed by atoms with Gasteiger partial charge in [-0.1, -0.05) is 0 Å². The van der Waals surface area contributed by atoms with Crippen LogP contribution in [0.25, 0.3) is 0 Å². The summed E-state index contributed by atoms with van der Waals surface area (Å²) in [6, 6.07) is 11.9. The van der Waals surface area contributed by atoms with Crippen LogP contribution in [-0.2, 0) is 13.1 Å². The zero-order chi connectivity index (χ0) is 13.7. The largest absolute Gasteiger partial charge is 0.496 e. The van der Waals surface area contributed by atoms with Gasteiger partial charge in [0.05, 0.1) is 18.7 Å². The van der Waals surface area contributed by atoms with Crippen molar-refractivity contribution in [3.63, 3.8) is 0 Å². The Kier molecular flexibility index (Phi) is 4.56. The average molecular weight is 272 g/mol. The lowest BCUT2D eigenvalue weighted by molar-refractivity contribution is 0.407. The highest BCUT2D eigenvalue weighted by molar-refractivity contribution is 7.11. The summed E-state index contributed by atoms with van der Waals surface area (Å²) in [4.78, 5) is 2.63. The fourth-order valence-electron chi connectivity index (χ4n) is 1.89. The zero-order valence-electron chi connectivity index (χ0n) is 11.1. The minimum absolute atomic E-state index is 0.657. The van der Waals surface area contributed by atoms with Gasteiger partial charge in [-0.25, -0.2) is 0 Å². The summed E-state index contributed by atoms with van der Waals surface area (Å²) in [6.07, 6.45) is 0. The van der Waals surface area contributed by atoms with Crippen molar-refractivity contribution in [3.05, 3.63) is 51.2 Å². The molecule has 1 aromatic heterocycles. The number of aryl methyl sites for hydroxylation is 1. The lowest BCUT2D eigenvalue weighted by Crippen LogP contribution is -2.12. The average Bonchev–Trinajstić information content (AvgIpc) is 2.84. The van der Waals surface area contributed by atoms with Crippen LogP contribution < -0.4 is 10.1 Å². The second kappa shape index (κ2) is 6.37. The van der Waals surface area contributed by atoms with Crippen molar-refractivity contribution in [1.82, 2.24) is 5.32 Å². The predicted octanol–water partition coefficient (Wildman–Crippen LogP) is 3.23. The van der Waals surface area contributed by atoms with Crippen molar-refractivity contribution in [1.29, 1.82) is 5.26 Å². The quantitative estimate of drug-likeness (QED) is 0.909. The van der Waals surface area contributed by atoms with Crippen LogP contribution in [0.4, 0.5) is 0 Å². The van der Waals surface area contributed by atoms with Crippen LogP contribution in [0.1, 0.15) is 20.9 Å². The Hall–Kier alpha value is -1.83. The van der Waals surface area contributed by atoms with Crippen LogP contribution in [0.3, 0.4) is 0 Å². The molecule has 4 heteroatoms. The molecule has 1 aromatic carbocycles. The zero-order valence-corrected chi connectivity index (χ0v) is 11.9. The van der Waals surface area contributed by atoms with E-state index in [0.717, 1.165) is 17.9 Å². The maximum Gasteiger partial charge on any atom is 0.123 e. The van der Waals surface area contributed by atoms with E-state index in [1.165, 1.54) is 9.75 Å². The van der Waals surface area contributed by atoms with Crippen LogP contribution in [0, 0.1) is 18.3 Å². The van der Waals surface area contributed by atoms with Crippen molar-refractivity contribution in [2.24, 2.45) is 0 Å². The summed E-state index contributed by atoms with van der Waals surface area (Å²) in [6.45, 7) is 3.63. The van der Waals surface area contributed by atoms with Crippen LogP contribution in [0.2, 0.25) is 0 Å². The molecular weight excluding hydrogens is 256 g/mol. The molecule has 0 amide bonds. The smallest absolute Gasteiger partial charge is 0.123 e. The molecule has 2 rings (SSSR count). The van der Waals surface area contributed by atoms with Gasteiger partial charge in [0.25, 0.3) is 0 Å². The number of thiophene rings is 1. The minimum atomic E-state index is 0.657. The van der Waals surface area contributed by atoms with Crippen LogP contribution >= 0.6 is 11.3 Å². The predicted molar refractivity (Wildman–Crippen MR) is 77.3 cm³/mol. The summed E-state index contributed by atoms with van der Waals surface area (Å²) in [7, 11) is 1.65. The molecule has 0 saturated carbocycles. The summed E-state index contributed by atoms with van der Waals surface area (Å²) >= 11 is 1.79. The molecule has 0 aliphatic rings. The maximum atomic E-state index is 8.92. The molecule has 0 aliphatic heterocycles. The van der Waals surface area contributed by atoms with Gasteiger partial charge in [0.1, 0.15) is 5.75 Å². The molecule has 0 atom stereocenters. The summed E-state index contributed by atoms with van der Waals surface area (Å²) < 4.78 is 5.30. The van der Waals surface area contributed by atoms with E-state index in [4.69, 9.17) is 10.00 Å². The van der Waals surface area contributed by atoms with E-state index in [1.54, 1.807) is 24.5 Å². The van der Waals surface area contributed by atoms with Gasteiger partial charge in [-0.15, -0.1) is 11.3 Å². The Bertz CT molecular complexity index is 598. The Labute approximate surface area is 117 Å². The van der Waals surface area contributed by atoms with E-state index in [0.29, 0.717) is 12.1 Å². The number of nitrogens with zero attached hydrogens (tertiary/aromatic N) is 1. The lowest BCUT2D eigenvalue weighted by atomic mass is 10.1. The van der Waals surface area contributed by atoms with Gasteiger partial charge < -0.3 is 10.1 Å². The molecule has 1 heterocycles. The Balaban J connectivity index is 2.00. The third kappa shape index (κ3) is 3.57. The van der Waals surface area contributed by atoms with Gasteiger partial charge in [0.15, 0.2) is 0 Å². The number of methoxy groups -OCH3 is 1. The number of nitrogens with one attached hydrogen (secondary N) is 1. The molecule has 98 valence electrons. The lowest BCUT2D eigenvalue weighted by Gasteiger charge is -2.09. The van der Waals surface area contributed by atoms with Crippen molar-refractivity contribution >= 4 is 11.3 Å². The number of benzene rings is 1. The molecule has 0 spiro atoms. The van der Waals surface area contributed by atoms with E-state index in [1.807, 2.05) is 12.1 Å². The van der Waals surface area contributed by atoms with Gasteiger partial charge in [0, 0.05) is 28.4 Å². The van der Waals surface area contributed by atoms with Gasteiger partial charge in [0.2, 0.25) is 0 Å². The van der Waals surface area contributed by atoms with Gasteiger partial charge >= 0.3 is 0 Å². The van der Waals surface area contributed by atoms with E-state index < -0.39 is 0 Å². The monoisotopic (exact) mass is 272 g/mol. The van der Waals surface area contributed by atoms with Crippen molar-refractivity contribution in [2.45, 2.75) is 20.0 Å². The van der Waals surface area contributed by atoms with Gasteiger partial charge in [-0.05, 0) is 37.3 Å². The Morgan fingerprint density at radius 2 is 2.11 bits per heavy atom. The van der Waals surface area contributed by atoms with E-state index in [2.05, 4.69) is 30.4 Å². The molecule has 2 aromatic rings. The first-order valence-electron chi connectivity index (χ1n) is 6.06. The van der Waals surface area contributed by atoms with Gasteiger partial charge in [-0.3, -0.25) is 0 Å². The molecule has 0 aliphatic carbocycles. The van der Waals surface area contributed by atoms with Crippen molar-refractivity contribution in [3.8, 4) is 11.8 Å². The number of hydrogen-bond donors (Lipinski definition) is 1. The number of nitriles is 1. The highest BCUT2D eigenvalue weighted by Gasteiger charge is 2.04. The fourth-order valence-corrected chi connectivity index (χ4v) is 2.75. The van der Waals surface area contributed by atoms with E-state index >= 15 is 0 Å².